The molecule has 0 amide bonds. The maximum Gasteiger partial charge on any atom is 0.338 e. The van der Waals surface area contributed by atoms with E-state index in [-0.39, 0.29) is 12.1 Å². The second-order valence-electron chi connectivity index (χ2n) is 6.12. The number of allylic oxidation sites excluding steroid dienone is 1. The molecule has 1 aliphatic carbocycles. The number of hydrogen-bond acceptors (Lipinski definition) is 6. The van der Waals surface area contributed by atoms with Gasteiger partial charge in [-0.3, -0.25) is 4.98 Å². The fraction of sp³-hybridized carbons (Fsp3) is 0.500. The van der Waals surface area contributed by atoms with Gasteiger partial charge in [0.2, 0.25) is 0 Å². The standard InChI is InChI=1S/C18H23N3O3/c1-12-15(17(22)24-13-8-4-3-5-9-13)16(21-18(20-12)23-2)14-10-6-7-11-19-14/h6-7,10-11,13,16H,3-5,8-9H2,1-2H3,(H,20,21). The van der Waals surface area contributed by atoms with Crippen molar-refractivity contribution in [1.82, 2.24) is 10.3 Å². The average molecular weight is 329 g/mol. The van der Waals surface area contributed by atoms with Crippen molar-refractivity contribution in [2.75, 3.05) is 7.11 Å². The van der Waals surface area contributed by atoms with Crippen LogP contribution in [0.25, 0.3) is 0 Å². The highest BCUT2D eigenvalue weighted by Crippen LogP contribution is 2.31. The maximum atomic E-state index is 12.8. The highest BCUT2D eigenvalue weighted by Gasteiger charge is 2.33. The van der Waals surface area contributed by atoms with Crippen molar-refractivity contribution < 1.29 is 14.3 Å². The summed E-state index contributed by atoms with van der Waals surface area (Å²) in [6, 6.07) is 5.43. The van der Waals surface area contributed by atoms with E-state index in [2.05, 4.69) is 15.3 Å². The van der Waals surface area contributed by atoms with Crippen LogP contribution in [0.3, 0.4) is 0 Å². The Hall–Kier alpha value is -2.37. The molecule has 0 spiro atoms. The number of methoxy groups -OCH3 is 1. The summed E-state index contributed by atoms with van der Waals surface area (Å²) >= 11 is 0. The third-order valence-electron chi connectivity index (χ3n) is 4.43. The first-order valence-electron chi connectivity index (χ1n) is 8.40. The monoisotopic (exact) mass is 329 g/mol. The molecular formula is C18H23N3O3. The van der Waals surface area contributed by atoms with Gasteiger partial charge in [-0.15, -0.1) is 0 Å². The van der Waals surface area contributed by atoms with E-state index in [4.69, 9.17) is 9.47 Å². The lowest BCUT2D eigenvalue weighted by Crippen LogP contribution is -2.34. The van der Waals surface area contributed by atoms with Crippen molar-refractivity contribution in [3.05, 3.63) is 41.4 Å². The fourth-order valence-electron chi connectivity index (χ4n) is 3.16. The Morgan fingerprint density at radius 2 is 2.04 bits per heavy atom. The van der Waals surface area contributed by atoms with Crippen LogP contribution >= 0.6 is 0 Å². The minimum absolute atomic E-state index is 0.00346. The molecule has 0 saturated heterocycles. The number of aliphatic imine (C=N–C) groups is 1. The van der Waals surface area contributed by atoms with Gasteiger partial charge in [0.1, 0.15) is 12.1 Å². The van der Waals surface area contributed by atoms with Crippen molar-refractivity contribution in [2.45, 2.75) is 51.2 Å². The smallest absolute Gasteiger partial charge is 0.338 e. The molecule has 0 radical (unpaired) electrons. The lowest BCUT2D eigenvalue weighted by atomic mass is 9.97. The Morgan fingerprint density at radius 1 is 1.25 bits per heavy atom. The van der Waals surface area contributed by atoms with E-state index in [0.29, 0.717) is 23.0 Å². The molecule has 2 aliphatic rings. The molecule has 1 aromatic heterocycles. The molecule has 1 aromatic rings. The first kappa shape index (κ1) is 16.5. The molecule has 128 valence electrons. The van der Waals surface area contributed by atoms with Crippen molar-refractivity contribution in [3.63, 3.8) is 0 Å². The molecule has 1 saturated carbocycles. The number of amidine groups is 1. The van der Waals surface area contributed by atoms with Crippen LogP contribution in [0, 0.1) is 0 Å². The number of rotatable bonds is 3. The lowest BCUT2D eigenvalue weighted by Gasteiger charge is -2.27. The molecule has 0 aromatic carbocycles. The van der Waals surface area contributed by atoms with E-state index in [1.54, 1.807) is 13.3 Å². The highest BCUT2D eigenvalue weighted by molar-refractivity contribution is 5.94. The summed E-state index contributed by atoms with van der Waals surface area (Å²) in [5, 5.41) is 3.01. The Morgan fingerprint density at radius 3 is 2.71 bits per heavy atom. The average Bonchev–Trinajstić information content (AvgIpc) is 2.62. The van der Waals surface area contributed by atoms with Gasteiger partial charge in [-0.1, -0.05) is 12.5 Å². The molecule has 6 nitrogen and oxygen atoms in total. The number of ether oxygens (including phenoxy) is 2. The Kier molecular flexibility index (Phi) is 5.13. The van der Waals surface area contributed by atoms with Gasteiger partial charge >= 0.3 is 5.97 Å². The summed E-state index contributed by atoms with van der Waals surface area (Å²) < 4.78 is 11.0. The molecule has 0 bridgehead atoms. The predicted molar refractivity (Wildman–Crippen MR) is 90.2 cm³/mol. The molecule has 1 N–H and O–H groups in total. The summed E-state index contributed by atoms with van der Waals surface area (Å²) in [5.74, 6) is -0.318. The predicted octanol–water partition coefficient (Wildman–Crippen LogP) is 2.88. The summed E-state index contributed by atoms with van der Waals surface area (Å²) in [6.07, 6.45) is 7.02. The molecule has 24 heavy (non-hydrogen) atoms. The number of pyridine rings is 1. The zero-order valence-electron chi connectivity index (χ0n) is 14.1. The SMILES string of the molecule is COC1=NC(c2ccccn2)C(C(=O)OC2CCCCC2)=C(C)N1. The summed E-state index contributed by atoms with van der Waals surface area (Å²) in [5.41, 5.74) is 1.89. The third kappa shape index (κ3) is 3.58. The lowest BCUT2D eigenvalue weighted by molar-refractivity contribution is -0.146. The van der Waals surface area contributed by atoms with Crippen molar-refractivity contribution in [3.8, 4) is 0 Å². The van der Waals surface area contributed by atoms with Crippen LogP contribution in [-0.4, -0.2) is 30.2 Å². The van der Waals surface area contributed by atoms with Gasteiger partial charge in [0, 0.05) is 11.9 Å². The number of nitrogens with zero attached hydrogens (tertiary/aromatic N) is 2. The highest BCUT2D eigenvalue weighted by atomic mass is 16.5. The second kappa shape index (κ2) is 7.47. The van der Waals surface area contributed by atoms with Gasteiger partial charge in [0.15, 0.2) is 0 Å². The third-order valence-corrected chi connectivity index (χ3v) is 4.43. The number of hydrogen-bond donors (Lipinski definition) is 1. The molecule has 1 aliphatic heterocycles. The van der Waals surface area contributed by atoms with E-state index >= 15 is 0 Å². The van der Waals surface area contributed by atoms with Gasteiger partial charge in [0.25, 0.3) is 6.02 Å². The number of carbonyl (C=O) groups is 1. The first-order chi connectivity index (χ1) is 11.7. The van der Waals surface area contributed by atoms with Crippen LogP contribution in [0.5, 0.6) is 0 Å². The van der Waals surface area contributed by atoms with E-state index in [1.165, 1.54) is 6.42 Å². The summed E-state index contributed by atoms with van der Waals surface area (Å²) in [6.45, 7) is 1.83. The van der Waals surface area contributed by atoms with Crippen LogP contribution in [0.2, 0.25) is 0 Å². The molecular weight excluding hydrogens is 306 g/mol. The minimum Gasteiger partial charge on any atom is -0.468 e. The molecule has 1 atom stereocenters. The minimum atomic E-state index is -0.515. The van der Waals surface area contributed by atoms with Crippen molar-refractivity contribution in [2.24, 2.45) is 4.99 Å². The van der Waals surface area contributed by atoms with E-state index in [9.17, 15) is 4.79 Å². The van der Waals surface area contributed by atoms with Gasteiger partial charge in [-0.25, -0.2) is 9.79 Å². The molecule has 1 fully saturated rings. The molecule has 2 heterocycles. The van der Waals surface area contributed by atoms with Gasteiger partial charge in [0.05, 0.1) is 18.4 Å². The van der Waals surface area contributed by atoms with E-state index in [1.807, 2.05) is 25.1 Å². The Labute approximate surface area is 142 Å². The second-order valence-corrected chi connectivity index (χ2v) is 6.12. The number of nitrogens with one attached hydrogen (secondary N) is 1. The fourth-order valence-corrected chi connectivity index (χ4v) is 3.16. The molecule has 3 rings (SSSR count). The molecule has 1 unspecified atom stereocenters. The van der Waals surface area contributed by atoms with Crippen molar-refractivity contribution in [1.29, 1.82) is 0 Å². The van der Waals surface area contributed by atoms with Gasteiger partial charge in [-0.05, 0) is 44.7 Å². The van der Waals surface area contributed by atoms with Crippen LogP contribution < -0.4 is 5.32 Å². The number of aromatic nitrogens is 1. The van der Waals surface area contributed by atoms with Crippen LogP contribution in [0.4, 0.5) is 0 Å². The van der Waals surface area contributed by atoms with E-state index in [0.717, 1.165) is 25.7 Å². The Bertz CT molecular complexity index is 649. The summed E-state index contributed by atoms with van der Waals surface area (Å²) in [7, 11) is 1.54. The van der Waals surface area contributed by atoms with Crippen LogP contribution in [0.15, 0.2) is 40.7 Å². The normalized spacial score (nSPS) is 21.8. The quantitative estimate of drug-likeness (QED) is 0.863. The first-order valence-corrected chi connectivity index (χ1v) is 8.40. The topological polar surface area (TPSA) is 72.8 Å². The van der Waals surface area contributed by atoms with E-state index < -0.39 is 6.04 Å². The van der Waals surface area contributed by atoms with Gasteiger partial charge < -0.3 is 14.8 Å². The van der Waals surface area contributed by atoms with Crippen LogP contribution in [0.1, 0.15) is 50.8 Å². The zero-order valence-corrected chi connectivity index (χ0v) is 14.1. The van der Waals surface area contributed by atoms with Crippen LogP contribution in [-0.2, 0) is 14.3 Å². The summed E-state index contributed by atoms with van der Waals surface area (Å²) in [4.78, 5) is 21.6. The van der Waals surface area contributed by atoms with Crippen molar-refractivity contribution >= 4 is 12.0 Å². The Balaban J connectivity index is 1.86. The molecule has 6 heteroatoms. The largest absolute Gasteiger partial charge is 0.468 e. The zero-order chi connectivity index (χ0) is 16.9. The maximum absolute atomic E-state index is 12.8. The van der Waals surface area contributed by atoms with Gasteiger partial charge in [-0.2, -0.15) is 0 Å². The number of carbonyl (C=O) groups excluding carboxylic acids is 1. The number of esters is 1.